The number of hydrogen-bond acceptors (Lipinski definition) is 5. The number of para-hydroxylation sites is 1. The predicted octanol–water partition coefficient (Wildman–Crippen LogP) is 5.68. The smallest absolute Gasteiger partial charge is 0.296 e. The van der Waals surface area contributed by atoms with Crippen LogP contribution < -0.4 is 20.1 Å². The van der Waals surface area contributed by atoms with Gasteiger partial charge in [-0.3, -0.25) is 23.4 Å². The normalized spacial score (nSPS) is 15.2. The minimum atomic E-state index is -4.36. The molecule has 0 unspecified atom stereocenters. The van der Waals surface area contributed by atoms with Gasteiger partial charge in [0.15, 0.2) is 0 Å². The Balaban J connectivity index is 1.25. The number of nitrogens with one attached hydrogen (secondary N) is 1. The molecule has 0 bridgehead atoms. The van der Waals surface area contributed by atoms with Gasteiger partial charge in [-0.15, -0.1) is 0 Å². The molecular weight excluding hydrogens is 626 g/mol. The van der Waals surface area contributed by atoms with Gasteiger partial charge in [-0.1, -0.05) is 42.6 Å². The van der Waals surface area contributed by atoms with Gasteiger partial charge < -0.3 is 10.2 Å². The fourth-order valence-electron chi connectivity index (χ4n) is 6.52. The molecule has 0 saturated heterocycles. The number of nitrogens with zero attached hydrogens (tertiary/aromatic N) is 4. The van der Waals surface area contributed by atoms with E-state index in [0.29, 0.717) is 35.8 Å². The van der Waals surface area contributed by atoms with Gasteiger partial charge in [0.25, 0.3) is 21.5 Å². The molecule has 0 radical (unpaired) electrons. The summed E-state index contributed by atoms with van der Waals surface area (Å²) in [6.07, 6.45) is 5.68. The Kier molecular flexibility index (Phi) is 8.56. The zero-order valence-corrected chi connectivity index (χ0v) is 27.6. The summed E-state index contributed by atoms with van der Waals surface area (Å²) in [6, 6.07) is 18.4. The standard InChI is InChI=1S/C34H36ClN5O5S/c1-22-32(34(43)40(37(22)2)27-11-5-4-6-12-27)38(3)46(44,45)30-20-25(13-16-28(30)35)33(42)36-26-15-17-29-24(19-26)14-18-31(41)39(29)21-23-9-7-8-10-23/h4-6,11-13,15-17,19-20,23H,7-10,14,18,21H2,1-3H3,(H,36,42). The first-order valence-electron chi connectivity index (χ1n) is 15.3. The average Bonchev–Trinajstić information content (AvgIpc) is 3.63. The largest absolute Gasteiger partial charge is 0.322 e. The second-order valence-corrected chi connectivity index (χ2v) is 14.3. The number of hydrogen-bond donors (Lipinski definition) is 1. The molecule has 3 aromatic carbocycles. The van der Waals surface area contributed by atoms with Crippen molar-refractivity contribution in [3.8, 4) is 5.69 Å². The molecule has 2 amide bonds. The Morgan fingerprint density at radius 2 is 1.72 bits per heavy atom. The second kappa shape index (κ2) is 12.4. The third-order valence-electron chi connectivity index (χ3n) is 9.12. The molecule has 240 valence electrons. The third-order valence-corrected chi connectivity index (χ3v) is 11.4. The number of fused-ring (bicyclic) bond motifs is 1. The van der Waals surface area contributed by atoms with Gasteiger partial charge in [0.2, 0.25) is 5.91 Å². The molecule has 1 aliphatic heterocycles. The number of carbonyl (C=O) groups is 2. The molecule has 10 nitrogen and oxygen atoms in total. The second-order valence-electron chi connectivity index (χ2n) is 12.0. The highest BCUT2D eigenvalue weighted by atomic mass is 35.5. The van der Waals surface area contributed by atoms with Crippen LogP contribution in [-0.2, 0) is 28.3 Å². The number of amides is 2. The molecule has 1 N–H and O–H groups in total. The van der Waals surface area contributed by atoms with Crippen LogP contribution in [0.5, 0.6) is 0 Å². The van der Waals surface area contributed by atoms with Crippen LogP contribution in [0.15, 0.2) is 76.4 Å². The molecular formula is C34H36ClN5O5S. The van der Waals surface area contributed by atoms with Crippen molar-refractivity contribution in [1.29, 1.82) is 0 Å². The Bertz CT molecular complexity index is 2000. The van der Waals surface area contributed by atoms with E-state index in [-0.39, 0.29) is 27.1 Å². The summed E-state index contributed by atoms with van der Waals surface area (Å²) in [7, 11) is -1.38. The highest BCUT2D eigenvalue weighted by Crippen LogP contribution is 2.34. The molecule has 1 fully saturated rings. The summed E-state index contributed by atoms with van der Waals surface area (Å²) < 4.78 is 31.7. The van der Waals surface area contributed by atoms with E-state index in [1.165, 1.54) is 42.8 Å². The third kappa shape index (κ3) is 5.73. The number of carbonyl (C=O) groups excluding carboxylic acids is 2. The molecule has 0 atom stereocenters. The summed E-state index contributed by atoms with van der Waals surface area (Å²) in [5, 5.41) is 2.78. The molecule has 6 rings (SSSR count). The van der Waals surface area contributed by atoms with Crippen LogP contribution >= 0.6 is 11.6 Å². The fraction of sp³-hybridized carbons (Fsp3) is 0.324. The van der Waals surface area contributed by atoms with Crippen molar-refractivity contribution in [2.45, 2.75) is 50.3 Å². The van der Waals surface area contributed by atoms with Crippen molar-refractivity contribution in [1.82, 2.24) is 9.36 Å². The van der Waals surface area contributed by atoms with Gasteiger partial charge in [0.05, 0.1) is 16.4 Å². The zero-order valence-electron chi connectivity index (χ0n) is 26.0. The highest BCUT2D eigenvalue weighted by molar-refractivity contribution is 7.93. The number of anilines is 3. The van der Waals surface area contributed by atoms with Crippen molar-refractivity contribution >= 4 is 50.5 Å². The average molecular weight is 662 g/mol. The van der Waals surface area contributed by atoms with Crippen molar-refractivity contribution in [2.75, 3.05) is 28.1 Å². The number of benzene rings is 3. The monoisotopic (exact) mass is 661 g/mol. The first-order chi connectivity index (χ1) is 22.0. The number of halogens is 1. The lowest BCUT2D eigenvalue weighted by Gasteiger charge is -2.32. The molecule has 0 spiro atoms. The minimum Gasteiger partial charge on any atom is -0.322 e. The van der Waals surface area contributed by atoms with Gasteiger partial charge in [0.1, 0.15) is 10.6 Å². The maximum absolute atomic E-state index is 13.9. The van der Waals surface area contributed by atoms with Gasteiger partial charge in [-0.2, -0.15) is 0 Å². The van der Waals surface area contributed by atoms with Gasteiger partial charge in [-0.25, -0.2) is 13.1 Å². The first kappa shape index (κ1) is 31.6. The molecule has 2 aliphatic rings. The van der Waals surface area contributed by atoms with Gasteiger partial charge in [-0.05, 0) is 86.2 Å². The van der Waals surface area contributed by atoms with Crippen LogP contribution in [0.25, 0.3) is 5.69 Å². The van der Waals surface area contributed by atoms with Crippen LogP contribution in [0.4, 0.5) is 17.1 Å². The van der Waals surface area contributed by atoms with E-state index in [2.05, 4.69) is 5.32 Å². The number of aromatic nitrogens is 2. The van der Waals surface area contributed by atoms with Crippen LogP contribution in [0.2, 0.25) is 5.02 Å². The first-order valence-corrected chi connectivity index (χ1v) is 17.2. The van der Waals surface area contributed by atoms with E-state index in [0.717, 1.165) is 34.9 Å². The number of aryl methyl sites for hydroxylation is 1. The van der Waals surface area contributed by atoms with E-state index in [1.54, 1.807) is 49.0 Å². The lowest BCUT2D eigenvalue weighted by molar-refractivity contribution is -0.119. The van der Waals surface area contributed by atoms with Crippen LogP contribution in [0, 0.1) is 12.8 Å². The molecule has 2 heterocycles. The maximum Gasteiger partial charge on any atom is 0.296 e. The van der Waals surface area contributed by atoms with E-state index in [4.69, 9.17) is 11.6 Å². The van der Waals surface area contributed by atoms with Crippen molar-refractivity contribution in [3.05, 3.63) is 98.9 Å². The van der Waals surface area contributed by atoms with Crippen molar-refractivity contribution in [2.24, 2.45) is 13.0 Å². The summed E-state index contributed by atoms with van der Waals surface area (Å²) in [6.45, 7) is 2.38. The van der Waals surface area contributed by atoms with E-state index < -0.39 is 21.5 Å². The van der Waals surface area contributed by atoms with Gasteiger partial charge in [0, 0.05) is 44.0 Å². The summed E-state index contributed by atoms with van der Waals surface area (Å²) in [5.74, 6) is 0.118. The topological polar surface area (TPSA) is 114 Å². The zero-order chi connectivity index (χ0) is 32.7. The van der Waals surface area contributed by atoms with E-state index in [1.807, 2.05) is 23.1 Å². The summed E-state index contributed by atoms with van der Waals surface area (Å²) in [4.78, 5) is 41.3. The fourth-order valence-corrected chi connectivity index (χ4v) is 8.27. The van der Waals surface area contributed by atoms with Crippen molar-refractivity contribution < 1.29 is 18.0 Å². The molecule has 1 aromatic heterocycles. The Labute approximate surface area is 273 Å². The molecule has 1 saturated carbocycles. The highest BCUT2D eigenvalue weighted by Gasteiger charge is 2.32. The number of sulfonamides is 1. The summed E-state index contributed by atoms with van der Waals surface area (Å²) in [5.41, 5.74) is 2.95. The van der Waals surface area contributed by atoms with Crippen LogP contribution in [0.1, 0.15) is 53.7 Å². The Morgan fingerprint density at radius 1 is 1.00 bits per heavy atom. The maximum atomic E-state index is 13.9. The minimum absolute atomic E-state index is 0.0354. The van der Waals surface area contributed by atoms with E-state index >= 15 is 0 Å². The molecule has 4 aromatic rings. The van der Waals surface area contributed by atoms with E-state index in [9.17, 15) is 22.8 Å². The lowest BCUT2D eigenvalue weighted by Crippen LogP contribution is -2.38. The summed E-state index contributed by atoms with van der Waals surface area (Å²) >= 11 is 6.40. The van der Waals surface area contributed by atoms with Crippen LogP contribution in [-0.4, -0.2) is 43.2 Å². The SMILES string of the molecule is Cc1c(N(C)S(=O)(=O)c2cc(C(=O)Nc3ccc4c(c3)CCC(=O)N4CC3CCCC3)ccc2Cl)c(=O)n(-c2ccccc2)n1C. The molecule has 46 heavy (non-hydrogen) atoms. The Hall–Kier alpha value is -4.35. The quantitative estimate of drug-likeness (QED) is 0.261. The number of rotatable bonds is 8. The van der Waals surface area contributed by atoms with Crippen molar-refractivity contribution in [3.63, 3.8) is 0 Å². The Morgan fingerprint density at radius 3 is 2.43 bits per heavy atom. The lowest BCUT2D eigenvalue weighted by atomic mass is 9.98. The predicted molar refractivity (Wildman–Crippen MR) is 180 cm³/mol. The molecule has 1 aliphatic carbocycles. The van der Waals surface area contributed by atoms with Crippen LogP contribution in [0.3, 0.4) is 0 Å². The van der Waals surface area contributed by atoms with Gasteiger partial charge >= 0.3 is 0 Å². The molecule has 12 heteroatoms.